The monoisotopic (exact) mass is 592 g/mol. The van der Waals surface area contributed by atoms with E-state index in [0.717, 1.165) is 5.56 Å². The fraction of sp³-hybridized carbons (Fsp3) is 0.500. The molecule has 10 atom stereocenters. The van der Waals surface area contributed by atoms with Crippen molar-refractivity contribution >= 4 is 11.6 Å². The van der Waals surface area contributed by atoms with Crippen LogP contribution < -0.4 is 9.47 Å². The molecule has 0 saturated carbocycles. The van der Waals surface area contributed by atoms with Gasteiger partial charge in [-0.15, -0.1) is 0 Å². The molecule has 2 heterocycles. The molecular weight excluding hydrogens is 560 g/mol. The summed E-state index contributed by atoms with van der Waals surface area (Å²) < 4.78 is 27.5. The number of carbonyl (C=O) groups excluding carboxylic acids is 2. The first-order valence-electron chi connectivity index (χ1n) is 13.2. The number of ether oxygens (including phenoxy) is 5. The molecule has 0 bridgehead atoms. The van der Waals surface area contributed by atoms with E-state index in [2.05, 4.69) is 0 Å². The summed E-state index contributed by atoms with van der Waals surface area (Å²) in [6.07, 6.45) is -16.3. The zero-order valence-corrected chi connectivity index (χ0v) is 22.6. The second-order valence-electron chi connectivity index (χ2n) is 10.4. The molecule has 2 aromatic rings. The Labute approximate surface area is 239 Å². The first-order valence-corrected chi connectivity index (χ1v) is 13.2. The smallest absolute Gasteiger partial charge is 0.229 e. The molecule has 1 unspecified atom stereocenters. The van der Waals surface area contributed by atoms with E-state index < -0.39 is 86.2 Å². The molecule has 0 amide bonds. The molecule has 0 radical (unpaired) electrons. The molecule has 0 spiro atoms. The SMILES string of the molecule is COc1cc(OC2O[C@H](CO[C@@H]3O[C@H](CO)[C@@H](O)[C@H](O)[C@H]3O)[C@@H](O)[C@H](O)[C@H]2O)c2c(c1)C(=O)c1cc(C)ccc1C2=O. The van der Waals surface area contributed by atoms with Crippen LogP contribution >= 0.6 is 0 Å². The maximum atomic E-state index is 13.5. The highest BCUT2D eigenvalue weighted by molar-refractivity contribution is 6.29. The molecule has 42 heavy (non-hydrogen) atoms. The van der Waals surface area contributed by atoms with Crippen LogP contribution in [0.1, 0.15) is 37.4 Å². The van der Waals surface area contributed by atoms with Crippen molar-refractivity contribution in [2.45, 2.75) is 68.3 Å². The zero-order valence-electron chi connectivity index (χ0n) is 22.6. The van der Waals surface area contributed by atoms with E-state index in [-0.39, 0.29) is 33.8 Å². The van der Waals surface area contributed by atoms with Crippen LogP contribution in [0.25, 0.3) is 0 Å². The van der Waals surface area contributed by atoms with Crippen LogP contribution in [0.15, 0.2) is 30.3 Å². The van der Waals surface area contributed by atoms with Gasteiger partial charge in [0.25, 0.3) is 0 Å². The van der Waals surface area contributed by atoms with Gasteiger partial charge in [-0.05, 0) is 19.1 Å². The normalized spacial score (nSPS) is 34.5. The third kappa shape index (κ3) is 5.31. The number of aliphatic hydroxyl groups is 7. The number of ketones is 2. The van der Waals surface area contributed by atoms with Gasteiger partial charge in [0.15, 0.2) is 17.9 Å². The number of carbonyl (C=O) groups is 2. The molecule has 2 saturated heterocycles. The molecular formula is C28H32O14. The van der Waals surface area contributed by atoms with Gasteiger partial charge in [-0.3, -0.25) is 9.59 Å². The van der Waals surface area contributed by atoms with Crippen molar-refractivity contribution in [1.82, 2.24) is 0 Å². The molecule has 14 heteroatoms. The lowest BCUT2D eigenvalue weighted by molar-refractivity contribution is -0.323. The van der Waals surface area contributed by atoms with Crippen molar-refractivity contribution in [3.05, 3.63) is 58.1 Å². The number of aryl methyl sites for hydroxylation is 1. The molecule has 3 aliphatic rings. The van der Waals surface area contributed by atoms with E-state index in [4.69, 9.17) is 23.7 Å². The van der Waals surface area contributed by atoms with E-state index >= 15 is 0 Å². The number of rotatable bonds is 7. The summed E-state index contributed by atoms with van der Waals surface area (Å²) in [6, 6.07) is 7.52. The van der Waals surface area contributed by atoms with Gasteiger partial charge in [-0.25, -0.2) is 0 Å². The van der Waals surface area contributed by atoms with Crippen molar-refractivity contribution in [2.24, 2.45) is 0 Å². The lowest BCUT2D eigenvalue weighted by Gasteiger charge is -2.42. The summed E-state index contributed by atoms with van der Waals surface area (Å²) in [5, 5.41) is 71.3. The number of methoxy groups -OCH3 is 1. The van der Waals surface area contributed by atoms with Crippen LogP contribution in [0.5, 0.6) is 11.5 Å². The minimum absolute atomic E-state index is 0.000772. The molecule has 2 fully saturated rings. The molecule has 0 aromatic heterocycles. The Hall–Kier alpha value is -3.02. The topological polar surface area (TPSA) is 222 Å². The predicted octanol–water partition coefficient (Wildman–Crippen LogP) is -2.22. The predicted molar refractivity (Wildman–Crippen MR) is 138 cm³/mol. The lowest BCUT2D eigenvalue weighted by atomic mass is 9.82. The average molecular weight is 593 g/mol. The maximum Gasteiger partial charge on any atom is 0.229 e. The van der Waals surface area contributed by atoms with Gasteiger partial charge >= 0.3 is 0 Å². The number of aliphatic hydroxyl groups excluding tert-OH is 7. The standard InChI is InChI=1S/C28H32O14/c1-10-3-4-12-13(5-10)19(30)14-6-11(38-2)7-15(18(14)20(12)31)40-28-26(37)24(35)22(33)17(42-28)9-39-27-25(36)23(34)21(32)16(8-29)41-27/h3-7,16-17,21-29,32-37H,8-9H2,1-2H3/t16-,17-,21-,22-,23+,24+,25-,26-,27-,28?/m1/s1. The Morgan fingerprint density at radius 3 is 2.05 bits per heavy atom. The Balaban J connectivity index is 1.39. The molecule has 7 N–H and O–H groups in total. The molecule has 2 aromatic carbocycles. The van der Waals surface area contributed by atoms with Crippen molar-refractivity contribution in [1.29, 1.82) is 0 Å². The fourth-order valence-electron chi connectivity index (χ4n) is 5.21. The Kier molecular flexibility index (Phi) is 8.65. The van der Waals surface area contributed by atoms with Gasteiger partial charge in [0.1, 0.15) is 60.3 Å². The third-order valence-corrected chi connectivity index (χ3v) is 7.63. The number of benzene rings is 2. The van der Waals surface area contributed by atoms with Crippen molar-refractivity contribution < 1.29 is 69.0 Å². The molecule has 5 rings (SSSR count). The number of hydrogen-bond donors (Lipinski definition) is 7. The highest BCUT2D eigenvalue weighted by atomic mass is 16.7. The largest absolute Gasteiger partial charge is 0.497 e. The summed E-state index contributed by atoms with van der Waals surface area (Å²) in [5.41, 5.74) is 1.04. The van der Waals surface area contributed by atoms with Gasteiger partial charge in [0.2, 0.25) is 6.29 Å². The van der Waals surface area contributed by atoms with Crippen LogP contribution in [-0.2, 0) is 14.2 Å². The lowest BCUT2D eigenvalue weighted by Crippen LogP contribution is -2.62. The Morgan fingerprint density at radius 1 is 0.738 bits per heavy atom. The summed E-state index contributed by atoms with van der Waals surface area (Å²) in [5.74, 6) is -0.992. The summed E-state index contributed by atoms with van der Waals surface area (Å²) >= 11 is 0. The van der Waals surface area contributed by atoms with Crippen molar-refractivity contribution in [3.8, 4) is 11.5 Å². The van der Waals surface area contributed by atoms with Crippen LogP contribution in [0.4, 0.5) is 0 Å². The number of fused-ring (bicyclic) bond motifs is 2. The van der Waals surface area contributed by atoms with E-state index in [9.17, 15) is 45.3 Å². The van der Waals surface area contributed by atoms with Crippen molar-refractivity contribution in [3.63, 3.8) is 0 Å². The van der Waals surface area contributed by atoms with Crippen molar-refractivity contribution in [2.75, 3.05) is 20.3 Å². The molecule has 1 aliphatic carbocycles. The first-order chi connectivity index (χ1) is 20.0. The van der Waals surface area contributed by atoms with Crippen LogP contribution in [0, 0.1) is 6.92 Å². The van der Waals surface area contributed by atoms with Crippen LogP contribution in [0.2, 0.25) is 0 Å². The summed E-state index contributed by atoms with van der Waals surface area (Å²) in [7, 11) is 1.34. The van der Waals surface area contributed by atoms with Gasteiger partial charge in [-0.1, -0.05) is 17.7 Å². The van der Waals surface area contributed by atoms with E-state index in [0.29, 0.717) is 0 Å². The fourth-order valence-corrected chi connectivity index (χ4v) is 5.21. The summed E-state index contributed by atoms with van der Waals surface area (Å²) in [6.45, 7) is 0.519. The quantitative estimate of drug-likeness (QED) is 0.155. The van der Waals surface area contributed by atoms with Gasteiger partial charge in [0.05, 0.1) is 25.9 Å². The Morgan fingerprint density at radius 2 is 1.38 bits per heavy atom. The van der Waals surface area contributed by atoms with Crippen LogP contribution in [0.3, 0.4) is 0 Å². The minimum Gasteiger partial charge on any atom is -0.497 e. The average Bonchev–Trinajstić information content (AvgIpc) is 2.98. The van der Waals surface area contributed by atoms with Crippen LogP contribution in [-0.4, -0.2) is 129 Å². The zero-order chi connectivity index (χ0) is 30.5. The molecule has 228 valence electrons. The van der Waals surface area contributed by atoms with E-state index in [1.165, 1.54) is 25.3 Å². The molecule has 2 aliphatic heterocycles. The van der Waals surface area contributed by atoms with Gasteiger partial charge in [0, 0.05) is 22.8 Å². The highest BCUT2D eigenvalue weighted by Crippen LogP contribution is 2.38. The second kappa shape index (κ2) is 11.9. The van der Waals surface area contributed by atoms with E-state index in [1.807, 2.05) is 0 Å². The second-order valence-corrected chi connectivity index (χ2v) is 10.4. The summed E-state index contributed by atoms with van der Waals surface area (Å²) in [4.78, 5) is 26.9. The highest BCUT2D eigenvalue weighted by Gasteiger charge is 2.48. The third-order valence-electron chi connectivity index (χ3n) is 7.63. The molecule has 14 nitrogen and oxygen atoms in total. The Bertz CT molecular complexity index is 1340. The maximum absolute atomic E-state index is 13.5. The minimum atomic E-state index is -1.82. The first kappa shape index (κ1) is 30.4. The number of hydrogen-bond acceptors (Lipinski definition) is 14. The van der Waals surface area contributed by atoms with Gasteiger partial charge in [-0.2, -0.15) is 0 Å². The van der Waals surface area contributed by atoms with E-state index in [1.54, 1.807) is 19.1 Å². The van der Waals surface area contributed by atoms with Gasteiger partial charge < -0.3 is 59.4 Å².